The Labute approximate surface area is 156 Å². The molecule has 0 bridgehead atoms. The molecule has 26 heavy (non-hydrogen) atoms. The first-order valence-corrected chi connectivity index (χ1v) is 9.61. The highest BCUT2D eigenvalue weighted by Gasteiger charge is 2.24. The number of hydrogen-bond donors (Lipinski definition) is 0. The molecular formula is C21H29N3O2. The van der Waals surface area contributed by atoms with Gasteiger partial charge in [-0.3, -0.25) is 4.79 Å². The quantitative estimate of drug-likeness (QED) is 0.788. The summed E-state index contributed by atoms with van der Waals surface area (Å²) >= 11 is 0. The third-order valence-electron chi connectivity index (χ3n) is 5.03. The lowest BCUT2D eigenvalue weighted by Gasteiger charge is -2.32. The van der Waals surface area contributed by atoms with Crippen molar-refractivity contribution in [1.82, 2.24) is 14.5 Å². The molecule has 0 aliphatic carbocycles. The topological polar surface area (TPSA) is 47.4 Å². The lowest BCUT2D eigenvalue weighted by atomic mass is 9.96. The maximum atomic E-state index is 12.7. The van der Waals surface area contributed by atoms with Crippen LogP contribution in [0.15, 0.2) is 36.7 Å². The number of nitrogens with zero attached hydrogens (tertiary/aromatic N) is 3. The highest BCUT2D eigenvalue weighted by molar-refractivity contribution is 5.94. The van der Waals surface area contributed by atoms with E-state index in [1.165, 1.54) is 0 Å². The fraction of sp³-hybridized carbons (Fsp3) is 0.524. The minimum absolute atomic E-state index is 0.122. The van der Waals surface area contributed by atoms with Gasteiger partial charge in [-0.05, 0) is 49.9 Å². The van der Waals surface area contributed by atoms with Crippen LogP contribution in [-0.2, 0) is 6.54 Å². The molecule has 5 nitrogen and oxygen atoms in total. The Morgan fingerprint density at radius 2 is 1.92 bits per heavy atom. The molecule has 3 rings (SSSR count). The van der Waals surface area contributed by atoms with Gasteiger partial charge in [0, 0.05) is 43.5 Å². The van der Waals surface area contributed by atoms with Crippen LogP contribution in [0, 0.1) is 5.92 Å². The van der Waals surface area contributed by atoms with Gasteiger partial charge in [0.2, 0.25) is 0 Å². The standard InChI is InChI=1S/C21H29N3O2/c1-4-26-19-7-5-18(6-8-19)21(25)23-12-9-17(10-13-23)15-24-14-11-22-20(24)16(2)3/h5-8,11,14,16-17H,4,9-10,12-13,15H2,1-3H3. The predicted molar refractivity (Wildman–Crippen MR) is 103 cm³/mol. The minimum Gasteiger partial charge on any atom is -0.494 e. The molecule has 0 unspecified atom stereocenters. The van der Waals surface area contributed by atoms with Crippen molar-refractivity contribution in [3.05, 3.63) is 48.0 Å². The van der Waals surface area contributed by atoms with E-state index in [0.717, 1.165) is 49.6 Å². The summed E-state index contributed by atoms with van der Waals surface area (Å²) in [4.78, 5) is 19.2. The van der Waals surface area contributed by atoms with Crippen molar-refractivity contribution in [3.8, 4) is 5.75 Å². The second kappa shape index (κ2) is 8.39. The number of piperidine rings is 1. The van der Waals surface area contributed by atoms with Crippen LogP contribution in [-0.4, -0.2) is 40.1 Å². The van der Waals surface area contributed by atoms with Gasteiger partial charge in [0.05, 0.1) is 6.61 Å². The molecule has 0 radical (unpaired) electrons. The third kappa shape index (κ3) is 4.26. The molecule has 5 heteroatoms. The molecule has 1 fully saturated rings. The average Bonchev–Trinajstić information content (AvgIpc) is 3.11. The number of ether oxygens (including phenoxy) is 1. The second-order valence-corrected chi connectivity index (χ2v) is 7.29. The molecule has 0 atom stereocenters. The average molecular weight is 355 g/mol. The Balaban J connectivity index is 1.54. The van der Waals surface area contributed by atoms with Gasteiger partial charge in [-0.15, -0.1) is 0 Å². The number of benzene rings is 1. The number of hydrogen-bond acceptors (Lipinski definition) is 3. The highest BCUT2D eigenvalue weighted by atomic mass is 16.5. The lowest BCUT2D eigenvalue weighted by molar-refractivity contribution is 0.0682. The first kappa shape index (κ1) is 18.5. The number of aromatic nitrogens is 2. The van der Waals surface area contributed by atoms with Gasteiger partial charge in [-0.2, -0.15) is 0 Å². The summed E-state index contributed by atoms with van der Waals surface area (Å²) in [6, 6.07) is 7.46. The molecule has 1 aliphatic rings. The molecule has 2 heterocycles. The first-order valence-electron chi connectivity index (χ1n) is 9.61. The first-order chi connectivity index (χ1) is 12.6. The smallest absolute Gasteiger partial charge is 0.253 e. The van der Waals surface area contributed by atoms with E-state index in [4.69, 9.17) is 4.74 Å². The SMILES string of the molecule is CCOc1ccc(C(=O)N2CCC(Cn3ccnc3C(C)C)CC2)cc1. The van der Waals surface area contributed by atoms with Crippen LogP contribution in [0.3, 0.4) is 0 Å². The van der Waals surface area contributed by atoms with E-state index < -0.39 is 0 Å². The van der Waals surface area contributed by atoms with Crippen molar-refractivity contribution in [2.75, 3.05) is 19.7 Å². The fourth-order valence-electron chi connectivity index (χ4n) is 3.62. The molecule has 1 saturated heterocycles. The summed E-state index contributed by atoms with van der Waals surface area (Å²) in [6.07, 6.45) is 6.05. The Bertz CT molecular complexity index is 713. The van der Waals surface area contributed by atoms with Crippen molar-refractivity contribution in [3.63, 3.8) is 0 Å². The molecule has 1 aliphatic heterocycles. The van der Waals surface area contributed by atoms with E-state index in [2.05, 4.69) is 29.6 Å². The van der Waals surface area contributed by atoms with Gasteiger partial charge in [0.15, 0.2) is 0 Å². The van der Waals surface area contributed by atoms with Gasteiger partial charge in [-0.1, -0.05) is 13.8 Å². The zero-order chi connectivity index (χ0) is 18.5. The van der Waals surface area contributed by atoms with Gasteiger partial charge in [-0.25, -0.2) is 4.98 Å². The van der Waals surface area contributed by atoms with E-state index >= 15 is 0 Å². The Kier molecular flexibility index (Phi) is 5.96. The van der Waals surface area contributed by atoms with Gasteiger partial charge < -0.3 is 14.2 Å². The summed E-state index contributed by atoms with van der Waals surface area (Å²) < 4.78 is 7.72. The van der Waals surface area contributed by atoms with E-state index in [-0.39, 0.29) is 5.91 Å². The third-order valence-corrected chi connectivity index (χ3v) is 5.03. The van der Waals surface area contributed by atoms with E-state index in [9.17, 15) is 4.79 Å². The van der Waals surface area contributed by atoms with Crippen LogP contribution in [0.1, 0.15) is 55.7 Å². The molecule has 2 aromatic rings. The van der Waals surface area contributed by atoms with Crippen LogP contribution in [0.5, 0.6) is 5.75 Å². The molecule has 1 amide bonds. The number of amides is 1. The maximum absolute atomic E-state index is 12.7. The monoisotopic (exact) mass is 355 g/mol. The van der Waals surface area contributed by atoms with Crippen molar-refractivity contribution >= 4 is 5.91 Å². The highest BCUT2D eigenvalue weighted by Crippen LogP contribution is 2.23. The summed E-state index contributed by atoms with van der Waals surface area (Å²) in [5.41, 5.74) is 0.739. The normalized spacial score (nSPS) is 15.5. The number of carbonyl (C=O) groups excluding carboxylic acids is 1. The van der Waals surface area contributed by atoms with Crippen molar-refractivity contribution in [2.24, 2.45) is 5.92 Å². The zero-order valence-electron chi connectivity index (χ0n) is 16.0. The van der Waals surface area contributed by atoms with Gasteiger partial charge in [0.25, 0.3) is 5.91 Å². The van der Waals surface area contributed by atoms with E-state index in [0.29, 0.717) is 18.4 Å². The summed E-state index contributed by atoms with van der Waals surface area (Å²) in [6.45, 7) is 9.59. The maximum Gasteiger partial charge on any atom is 0.253 e. The Morgan fingerprint density at radius 1 is 1.23 bits per heavy atom. The van der Waals surface area contributed by atoms with Crippen LogP contribution < -0.4 is 4.74 Å². The fourth-order valence-corrected chi connectivity index (χ4v) is 3.62. The van der Waals surface area contributed by atoms with Crippen molar-refractivity contribution in [1.29, 1.82) is 0 Å². The molecule has 140 valence electrons. The Morgan fingerprint density at radius 3 is 2.54 bits per heavy atom. The Hall–Kier alpha value is -2.30. The van der Waals surface area contributed by atoms with Crippen LogP contribution in [0.4, 0.5) is 0 Å². The molecule has 0 saturated carbocycles. The van der Waals surface area contributed by atoms with Crippen LogP contribution >= 0.6 is 0 Å². The zero-order valence-corrected chi connectivity index (χ0v) is 16.0. The van der Waals surface area contributed by atoms with E-state index in [1.807, 2.05) is 42.3 Å². The number of carbonyl (C=O) groups is 1. The molecule has 0 spiro atoms. The molecule has 0 N–H and O–H groups in total. The lowest BCUT2D eigenvalue weighted by Crippen LogP contribution is -2.39. The summed E-state index contributed by atoms with van der Waals surface area (Å²) in [7, 11) is 0. The van der Waals surface area contributed by atoms with Gasteiger partial charge in [0.1, 0.15) is 11.6 Å². The number of imidazole rings is 1. The van der Waals surface area contributed by atoms with Crippen LogP contribution in [0.25, 0.3) is 0 Å². The van der Waals surface area contributed by atoms with Crippen LogP contribution in [0.2, 0.25) is 0 Å². The largest absolute Gasteiger partial charge is 0.494 e. The van der Waals surface area contributed by atoms with E-state index in [1.54, 1.807) is 0 Å². The van der Waals surface area contributed by atoms with Crippen molar-refractivity contribution < 1.29 is 9.53 Å². The second-order valence-electron chi connectivity index (χ2n) is 7.29. The molecule has 1 aromatic heterocycles. The molecular weight excluding hydrogens is 326 g/mol. The minimum atomic E-state index is 0.122. The van der Waals surface area contributed by atoms with Gasteiger partial charge >= 0.3 is 0 Å². The number of likely N-dealkylation sites (tertiary alicyclic amines) is 1. The summed E-state index contributed by atoms with van der Waals surface area (Å²) in [5.74, 6) is 3.12. The predicted octanol–water partition coefficient (Wildman–Crippen LogP) is 3.96. The number of rotatable bonds is 6. The summed E-state index contributed by atoms with van der Waals surface area (Å²) in [5, 5.41) is 0. The van der Waals surface area contributed by atoms with Crippen molar-refractivity contribution in [2.45, 2.75) is 46.1 Å². The molecule has 1 aromatic carbocycles.